The van der Waals surface area contributed by atoms with Gasteiger partial charge in [0, 0.05) is 12.6 Å². The number of halogens is 1. The highest BCUT2D eigenvalue weighted by atomic mass is 19.1. The van der Waals surface area contributed by atoms with Crippen molar-refractivity contribution in [2.45, 2.75) is 57.4 Å². The fraction of sp³-hybridized carbons (Fsp3) is 0.647. The summed E-state index contributed by atoms with van der Waals surface area (Å²) < 4.78 is 13.0. The van der Waals surface area contributed by atoms with Crippen LogP contribution in [0.1, 0.15) is 50.5 Å². The molecule has 0 saturated heterocycles. The monoisotopic (exact) mass is 261 g/mol. The van der Waals surface area contributed by atoms with Gasteiger partial charge in [-0.1, -0.05) is 31.4 Å². The second-order valence-corrected chi connectivity index (χ2v) is 6.52. The summed E-state index contributed by atoms with van der Waals surface area (Å²) in [5, 5.41) is 3.72. The van der Waals surface area contributed by atoms with Crippen molar-refractivity contribution in [2.75, 3.05) is 6.54 Å². The lowest BCUT2D eigenvalue weighted by Gasteiger charge is -2.38. The van der Waals surface area contributed by atoms with Crippen molar-refractivity contribution in [3.05, 3.63) is 35.6 Å². The predicted molar refractivity (Wildman–Crippen MR) is 76.6 cm³/mol. The van der Waals surface area contributed by atoms with Gasteiger partial charge in [0.15, 0.2) is 0 Å². The van der Waals surface area contributed by atoms with Crippen molar-refractivity contribution < 1.29 is 4.39 Å². The number of hydrogen-bond donors (Lipinski definition) is 1. The predicted octanol–water partition coefficient (Wildman–Crippen LogP) is 4.07. The molecule has 0 atom stereocenters. The van der Waals surface area contributed by atoms with E-state index in [0.29, 0.717) is 5.41 Å². The van der Waals surface area contributed by atoms with E-state index in [1.54, 1.807) is 12.1 Å². The van der Waals surface area contributed by atoms with Gasteiger partial charge >= 0.3 is 0 Å². The van der Waals surface area contributed by atoms with Gasteiger partial charge in [0.2, 0.25) is 0 Å². The number of hydrogen-bond acceptors (Lipinski definition) is 1. The quantitative estimate of drug-likeness (QED) is 0.842. The van der Waals surface area contributed by atoms with Gasteiger partial charge in [0.25, 0.3) is 0 Å². The molecule has 2 fully saturated rings. The molecule has 0 aromatic heterocycles. The molecular formula is C17H24FN. The molecule has 2 aliphatic rings. The maximum absolute atomic E-state index is 13.0. The molecule has 0 unspecified atom stereocenters. The SMILES string of the molecule is Fc1ccc(CC2(CNC3CC3)CCCCC2)cc1. The molecule has 1 nitrogen and oxygen atoms in total. The Kier molecular flexibility index (Phi) is 3.88. The van der Waals surface area contributed by atoms with Crippen molar-refractivity contribution in [1.82, 2.24) is 5.32 Å². The largest absolute Gasteiger partial charge is 0.313 e. The third-order valence-corrected chi connectivity index (χ3v) is 4.75. The summed E-state index contributed by atoms with van der Waals surface area (Å²) in [6.07, 6.45) is 10.6. The molecule has 1 aromatic carbocycles. The first-order valence-corrected chi connectivity index (χ1v) is 7.74. The zero-order valence-electron chi connectivity index (χ0n) is 11.6. The summed E-state index contributed by atoms with van der Waals surface area (Å²) in [6, 6.07) is 7.90. The summed E-state index contributed by atoms with van der Waals surface area (Å²) in [5.41, 5.74) is 1.71. The second-order valence-electron chi connectivity index (χ2n) is 6.52. The maximum Gasteiger partial charge on any atom is 0.123 e. The second kappa shape index (κ2) is 5.62. The van der Waals surface area contributed by atoms with Crippen LogP contribution in [0.4, 0.5) is 4.39 Å². The molecule has 0 heterocycles. The summed E-state index contributed by atoms with van der Waals surface area (Å²) in [7, 11) is 0. The van der Waals surface area contributed by atoms with Crippen LogP contribution in [0.3, 0.4) is 0 Å². The molecule has 1 aromatic rings. The van der Waals surface area contributed by atoms with Crippen LogP contribution in [0.2, 0.25) is 0 Å². The van der Waals surface area contributed by atoms with Crippen LogP contribution in [-0.2, 0) is 6.42 Å². The normalized spacial score (nSPS) is 22.4. The van der Waals surface area contributed by atoms with Gasteiger partial charge in [-0.3, -0.25) is 0 Å². The fourth-order valence-corrected chi connectivity index (χ4v) is 3.40. The lowest BCUT2D eigenvalue weighted by atomic mass is 9.70. The van der Waals surface area contributed by atoms with Crippen molar-refractivity contribution in [3.8, 4) is 0 Å². The number of benzene rings is 1. The maximum atomic E-state index is 13.0. The molecular weight excluding hydrogens is 237 g/mol. The first kappa shape index (κ1) is 13.1. The Labute approximate surface area is 115 Å². The number of nitrogens with one attached hydrogen (secondary N) is 1. The summed E-state index contributed by atoms with van der Waals surface area (Å²) in [5.74, 6) is -0.127. The van der Waals surface area contributed by atoms with Gasteiger partial charge in [0.1, 0.15) is 5.82 Å². The van der Waals surface area contributed by atoms with Crippen LogP contribution >= 0.6 is 0 Å². The first-order valence-electron chi connectivity index (χ1n) is 7.74. The summed E-state index contributed by atoms with van der Waals surface area (Å²) in [4.78, 5) is 0. The lowest BCUT2D eigenvalue weighted by molar-refractivity contribution is 0.180. The average Bonchev–Trinajstić information content (AvgIpc) is 3.25. The Morgan fingerprint density at radius 2 is 1.74 bits per heavy atom. The molecule has 3 rings (SSSR count). The van der Waals surface area contributed by atoms with E-state index < -0.39 is 0 Å². The van der Waals surface area contributed by atoms with Crippen molar-refractivity contribution in [2.24, 2.45) is 5.41 Å². The highest BCUT2D eigenvalue weighted by Crippen LogP contribution is 2.39. The third kappa shape index (κ3) is 3.56. The molecule has 0 bridgehead atoms. The molecule has 0 amide bonds. The van der Waals surface area contributed by atoms with Crippen molar-refractivity contribution >= 4 is 0 Å². The van der Waals surface area contributed by atoms with Crippen LogP contribution in [0.5, 0.6) is 0 Å². The Balaban J connectivity index is 1.68. The minimum Gasteiger partial charge on any atom is -0.313 e. The standard InChI is InChI=1S/C17H24FN/c18-15-6-4-14(5-7-15)12-17(10-2-1-3-11-17)13-19-16-8-9-16/h4-7,16,19H,1-3,8-13H2. The van der Waals surface area contributed by atoms with Crippen molar-refractivity contribution in [3.63, 3.8) is 0 Å². The average molecular weight is 261 g/mol. The molecule has 0 spiro atoms. The zero-order valence-corrected chi connectivity index (χ0v) is 11.6. The molecule has 0 radical (unpaired) electrons. The Hall–Kier alpha value is -0.890. The highest BCUT2D eigenvalue weighted by molar-refractivity contribution is 5.18. The first-order chi connectivity index (χ1) is 9.26. The molecule has 2 heteroatoms. The Bertz CT molecular complexity index is 402. The minimum absolute atomic E-state index is 0.127. The van der Waals surface area contributed by atoms with Crippen LogP contribution < -0.4 is 5.32 Å². The molecule has 1 N–H and O–H groups in total. The minimum atomic E-state index is -0.127. The molecule has 0 aliphatic heterocycles. The van der Waals surface area contributed by atoms with E-state index >= 15 is 0 Å². The summed E-state index contributed by atoms with van der Waals surface area (Å²) in [6.45, 7) is 1.15. The molecule has 104 valence electrons. The topological polar surface area (TPSA) is 12.0 Å². The van der Waals surface area contributed by atoms with E-state index in [0.717, 1.165) is 19.0 Å². The van der Waals surface area contributed by atoms with Crippen LogP contribution in [0.25, 0.3) is 0 Å². The van der Waals surface area contributed by atoms with E-state index in [9.17, 15) is 4.39 Å². The van der Waals surface area contributed by atoms with Gasteiger partial charge in [-0.25, -0.2) is 4.39 Å². The van der Waals surface area contributed by atoms with Crippen LogP contribution in [0.15, 0.2) is 24.3 Å². The van der Waals surface area contributed by atoms with Crippen LogP contribution in [-0.4, -0.2) is 12.6 Å². The fourth-order valence-electron chi connectivity index (χ4n) is 3.40. The number of rotatable bonds is 5. The van der Waals surface area contributed by atoms with Crippen molar-refractivity contribution in [1.29, 1.82) is 0 Å². The Morgan fingerprint density at radius 1 is 1.05 bits per heavy atom. The van der Waals surface area contributed by atoms with Crippen LogP contribution in [0, 0.1) is 11.2 Å². The van der Waals surface area contributed by atoms with Gasteiger partial charge in [0.05, 0.1) is 0 Å². The van der Waals surface area contributed by atoms with Gasteiger partial charge in [-0.05, 0) is 55.2 Å². The van der Waals surface area contributed by atoms with Gasteiger partial charge in [-0.2, -0.15) is 0 Å². The van der Waals surface area contributed by atoms with Gasteiger partial charge < -0.3 is 5.32 Å². The lowest BCUT2D eigenvalue weighted by Crippen LogP contribution is -2.38. The molecule has 2 aliphatic carbocycles. The highest BCUT2D eigenvalue weighted by Gasteiger charge is 2.34. The Morgan fingerprint density at radius 3 is 2.37 bits per heavy atom. The van der Waals surface area contributed by atoms with Gasteiger partial charge in [-0.15, -0.1) is 0 Å². The summed E-state index contributed by atoms with van der Waals surface area (Å²) >= 11 is 0. The molecule has 2 saturated carbocycles. The van der Waals surface area contributed by atoms with E-state index in [4.69, 9.17) is 0 Å². The zero-order chi connectivity index (χ0) is 13.1. The molecule has 19 heavy (non-hydrogen) atoms. The van der Waals surface area contributed by atoms with E-state index in [-0.39, 0.29) is 5.82 Å². The van der Waals surface area contributed by atoms with E-state index in [2.05, 4.69) is 5.32 Å². The van der Waals surface area contributed by atoms with E-state index in [1.165, 1.54) is 50.5 Å². The third-order valence-electron chi connectivity index (χ3n) is 4.75. The van der Waals surface area contributed by atoms with E-state index in [1.807, 2.05) is 12.1 Å². The smallest absolute Gasteiger partial charge is 0.123 e.